The summed E-state index contributed by atoms with van der Waals surface area (Å²) in [5, 5.41) is 13.9. The summed E-state index contributed by atoms with van der Waals surface area (Å²) in [7, 11) is 0. The number of ether oxygens (including phenoxy) is 1. The maximum atomic E-state index is 12.4. The molecule has 2 atom stereocenters. The minimum Gasteiger partial charge on any atom is -0.489 e. The van der Waals surface area contributed by atoms with Crippen LogP contribution in [0.2, 0.25) is 0 Å². The Labute approximate surface area is 142 Å². The smallest absolute Gasteiger partial charge is 0.237 e. The zero-order valence-electron chi connectivity index (χ0n) is 13.9. The average Bonchev–Trinajstić information content (AvgIpc) is 3.04. The Morgan fingerprint density at radius 1 is 1.29 bits per heavy atom. The summed E-state index contributed by atoms with van der Waals surface area (Å²) in [6, 6.07) is 7.36. The Hall–Kier alpha value is -2.08. The fourth-order valence-corrected chi connectivity index (χ4v) is 3.47. The maximum Gasteiger partial charge on any atom is 0.237 e. The SMILES string of the molecule is N=C(N)c1cccc(OC2CNC(C(=O)NC3CCCCC3)C2)c1. The second-order valence-electron chi connectivity index (χ2n) is 6.72. The number of amides is 1. The molecule has 1 saturated heterocycles. The summed E-state index contributed by atoms with van der Waals surface area (Å²) < 4.78 is 5.94. The molecule has 0 aromatic heterocycles. The Kier molecular flexibility index (Phi) is 5.35. The van der Waals surface area contributed by atoms with Gasteiger partial charge >= 0.3 is 0 Å². The number of amidine groups is 1. The van der Waals surface area contributed by atoms with Gasteiger partial charge in [0.1, 0.15) is 17.7 Å². The molecule has 2 unspecified atom stereocenters. The molecular weight excluding hydrogens is 304 g/mol. The van der Waals surface area contributed by atoms with E-state index in [9.17, 15) is 4.79 Å². The molecule has 1 aliphatic carbocycles. The van der Waals surface area contributed by atoms with E-state index in [1.165, 1.54) is 19.3 Å². The molecule has 2 fully saturated rings. The highest BCUT2D eigenvalue weighted by atomic mass is 16.5. The van der Waals surface area contributed by atoms with Gasteiger partial charge in [0, 0.05) is 24.6 Å². The molecule has 1 aromatic rings. The lowest BCUT2D eigenvalue weighted by molar-refractivity contribution is -0.123. The standard InChI is InChI=1S/C18H26N4O2/c19-17(20)12-5-4-8-14(9-12)24-15-10-16(21-11-15)18(23)22-13-6-2-1-3-7-13/h4-5,8-9,13,15-16,21H,1-3,6-7,10-11H2,(H3,19,20)(H,22,23). The second-order valence-corrected chi connectivity index (χ2v) is 6.72. The van der Waals surface area contributed by atoms with E-state index < -0.39 is 0 Å². The Morgan fingerprint density at radius 3 is 2.83 bits per heavy atom. The highest BCUT2D eigenvalue weighted by Crippen LogP contribution is 2.20. The van der Waals surface area contributed by atoms with Crippen molar-refractivity contribution in [3.8, 4) is 5.75 Å². The molecule has 1 amide bonds. The van der Waals surface area contributed by atoms with Gasteiger partial charge in [-0.2, -0.15) is 0 Å². The minimum absolute atomic E-state index is 0.0229. The number of rotatable bonds is 5. The fourth-order valence-electron chi connectivity index (χ4n) is 3.47. The molecule has 1 aliphatic heterocycles. The lowest BCUT2D eigenvalue weighted by Crippen LogP contribution is -2.45. The van der Waals surface area contributed by atoms with Crippen LogP contribution in [0.4, 0.5) is 0 Å². The first-order valence-corrected chi connectivity index (χ1v) is 8.76. The molecule has 0 spiro atoms. The second kappa shape index (κ2) is 7.66. The molecule has 1 heterocycles. The lowest BCUT2D eigenvalue weighted by Gasteiger charge is -2.24. The molecule has 1 saturated carbocycles. The highest BCUT2D eigenvalue weighted by molar-refractivity contribution is 5.95. The first-order chi connectivity index (χ1) is 11.6. The van der Waals surface area contributed by atoms with Crippen molar-refractivity contribution in [1.82, 2.24) is 10.6 Å². The van der Waals surface area contributed by atoms with E-state index in [2.05, 4.69) is 10.6 Å². The van der Waals surface area contributed by atoms with Crippen LogP contribution in [0.15, 0.2) is 24.3 Å². The van der Waals surface area contributed by atoms with E-state index in [1.807, 2.05) is 12.1 Å². The first-order valence-electron chi connectivity index (χ1n) is 8.76. The number of hydrogen-bond donors (Lipinski definition) is 4. The summed E-state index contributed by atoms with van der Waals surface area (Å²) in [6.07, 6.45) is 6.50. The largest absolute Gasteiger partial charge is 0.489 e. The van der Waals surface area contributed by atoms with E-state index in [0.717, 1.165) is 12.8 Å². The van der Waals surface area contributed by atoms with Crippen LogP contribution in [0.5, 0.6) is 5.75 Å². The minimum atomic E-state index is -0.187. The van der Waals surface area contributed by atoms with Gasteiger partial charge in [-0.05, 0) is 25.0 Å². The van der Waals surface area contributed by atoms with Crippen molar-refractivity contribution in [3.63, 3.8) is 0 Å². The molecule has 130 valence electrons. The van der Waals surface area contributed by atoms with Crippen molar-refractivity contribution in [1.29, 1.82) is 5.41 Å². The van der Waals surface area contributed by atoms with Crippen LogP contribution in [0.1, 0.15) is 44.1 Å². The normalized spacial score (nSPS) is 24.5. The summed E-state index contributed by atoms with van der Waals surface area (Å²) in [4.78, 5) is 12.4. The predicted octanol–water partition coefficient (Wildman–Crippen LogP) is 1.53. The van der Waals surface area contributed by atoms with Gasteiger partial charge in [-0.25, -0.2) is 0 Å². The summed E-state index contributed by atoms with van der Waals surface area (Å²) in [5.74, 6) is 0.794. The third-order valence-corrected chi connectivity index (χ3v) is 4.81. The van der Waals surface area contributed by atoms with Crippen LogP contribution < -0.4 is 21.1 Å². The lowest BCUT2D eigenvalue weighted by atomic mass is 9.95. The number of benzene rings is 1. The molecule has 0 bridgehead atoms. The van der Waals surface area contributed by atoms with Crippen LogP contribution in [0.25, 0.3) is 0 Å². The van der Waals surface area contributed by atoms with Crippen molar-refractivity contribution in [3.05, 3.63) is 29.8 Å². The Bertz CT molecular complexity index is 598. The van der Waals surface area contributed by atoms with E-state index in [-0.39, 0.29) is 23.9 Å². The van der Waals surface area contributed by atoms with Crippen molar-refractivity contribution >= 4 is 11.7 Å². The number of nitrogens with two attached hydrogens (primary N) is 1. The topological polar surface area (TPSA) is 100 Å². The van der Waals surface area contributed by atoms with Gasteiger partial charge in [0.05, 0.1) is 6.04 Å². The third kappa shape index (κ3) is 4.26. The van der Waals surface area contributed by atoms with Crippen molar-refractivity contribution < 1.29 is 9.53 Å². The van der Waals surface area contributed by atoms with Crippen LogP contribution in [0.3, 0.4) is 0 Å². The molecule has 6 heteroatoms. The summed E-state index contributed by atoms with van der Waals surface area (Å²) in [5.41, 5.74) is 6.15. The molecule has 0 radical (unpaired) electrons. The monoisotopic (exact) mass is 330 g/mol. The molecule has 3 rings (SSSR count). The quantitative estimate of drug-likeness (QED) is 0.486. The maximum absolute atomic E-state index is 12.4. The molecule has 1 aromatic carbocycles. The van der Waals surface area contributed by atoms with Gasteiger partial charge in [-0.3, -0.25) is 10.2 Å². The van der Waals surface area contributed by atoms with Crippen LogP contribution in [-0.4, -0.2) is 36.5 Å². The number of hydrogen-bond acceptors (Lipinski definition) is 4. The Balaban J connectivity index is 1.50. The number of carbonyl (C=O) groups is 1. The molecule has 2 aliphatic rings. The fraction of sp³-hybridized carbons (Fsp3) is 0.556. The molecular formula is C18H26N4O2. The molecule has 24 heavy (non-hydrogen) atoms. The van der Waals surface area contributed by atoms with Crippen molar-refractivity contribution in [2.24, 2.45) is 5.73 Å². The van der Waals surface area contributed by atoms with Gasteiger partial charge < -0.3 is 21.1 Å². The number of nitrogen functional groups attached to an aromatic ring is 1. The van der Waals surface area contributed by atoms with Gasteiger partial charge in [0.25, 0.3) is 0 Å². The van der Waals surface area contributed by atoms with Gasteiger partial charge in [0.2, 0.25) is 5.91 Å². The van der Waals surface area contributed by atoms with Gasteiger partial charge in [0.15, 0.2) is 0 Å². The van der Waals surface area contributed by atoms with Crippen molar-refractivity contribution in [2.75, 3.05) is 6.54 Å². The van der Waals surface area contributed by atoms with E-state index in [0.29, 0.717) is 30.3 Å². The number of carbonyl (C=O) groups excluding carboxylic acids is 1. The summed E-state index contributed by atoms with van der Waals surface area (Å²) in [6.45, 7) is 0.646. The highest BCUT2D eigenvalue weighted by Gasteiger charge is 2.31. The van der Waals surface area contributed by atoms with E-state index in [4.69, 9.17) is 15.9 Å². The van der Waals surface area contributed by atoms with E-state index >= 15 is 0 Å². The molecule has 6 nitrogen and oxygen atoms in total. The third-order valence-electron chi connectivity index (χ3n) is 4.81. The first kappa shape index (κ1) is 16.8. The van der Waals surface area contributed by atoms with Crippen molar-refractivity contribution in [2.45, 2.75) is 56.7 Å². The van der Waals surface area contributed by atoms with E-state index in [1.54, 1.807) is 12.1 Å². The summed E-state index contributed by atoms with van der Waals surface area (Å²) >= 11 is 0. The van der Waals surface area contributed by atoms with Crippen LogP contribution in [0, 0.1) is 5.41 Å². The average molecular weight is 330 g/mol. The number of nitrogens with one attached hydrogen (secondary N) is 3. The zero-order valence-corrected chi connectivity index (χ0v) is 13.9. The van der Waals surface area contributed by atoms with Crippen LogP contribution >= 0.6 is 0 Å². The predicted molar refractivity (Wildman–Crippen MR) is 93.3 cm³/mol. The molecule has 5 N–H and O–H groups in total. The zero-order chi connectivity index (χ0) is 16.9. The van der Waals surface area contributed by atoms with Gasteiger partial charge in [-0.1, -0.05) is 31.4 Å². The Morgan fingerprint density at radius 2 is 2.08 bits per heavy atom. The van der Waals surface area contributed by atoms with Crippen LogP contribution in [-0.2, 0) is 4.79 Å². The van der Waals surface area contributed by atoms with Gasteiger partial charge in [-0.15, -0.1) is 0 Å².